The number of nitrogens with one attached hydrogen (secondary N) is 2. The number of hydrogen-bond donors (Lipinski definition) is 2. The minimum Gasteiger partial charge on any atom is -0.460 e. The zero-order chi connectivity index (χ0) is 31.8. The summed E-state index contributed by atoms with van der Waals surface area (Å²) in [5, 5.41) is 4.92. The highest BCUT2D eigenvalue weighted by atomic mass is 16.6. The molecule has 0 aliphatic carbocycles. The van der Waals surface area contributed by atoms with Crippen molar-refractivity contribution in [3.63, 3.8) is 0 Å². The summed E-state index contributed by atoms with van der Waals surface area (Å²) in [6.45, 7) is 14.5. The van der Waals surface area contributed by atoms with Crippen LogP contribution >= 0.6 is 0 Å². The van der Waals surface area contributed by atoms with Crippen LogP contribution in [0.3, 0.4) is 0 Å². The minimum absolute atomic E-state index is 0.0336. The van der Waals surface area contributed by atoms with Gasteiger partial charge in [0.2, 0.25) is 0 Å². The number of rotatable bonds is 16. The topological polar surface area (TPSA) is 182 Å². The highest BCUT2D eigenvalue weighted by molar-refractivity contribution is 5.83. The van der Waals surface area contributed by atoms with Crippen molar-refractivity contribution < 1.29 is 57.2 Å². The van der Waals surface area contributed by atoms with E-state index in [0.29, 0.717) is 0 Å². The molecule has 1 aromatic rings. The fraction of sp³-hybridized carbons (Fsp3) is 0.286. The number of carbonyl (C=O) groups is 6. The molecule has 0 unspecified atom stereocenters. The monoisotopic (exact) mass is 588 g/mol. The number of carbonyl (C=O) groups excluding carboxylic acids is 6. The summed E-state index contributed by atoms with van der Waals surface area (Å²) in [6.07, 6.45) is 1.74. The van der Waals surface area contributed by atoms with Crippen molar-refractivity contribution in [2.75, 3.05) is 26.4 Å². The molecule has 0 radical (unpaired) electrons. The molecule has 0 aliphatic heterocycles. The first kappa shape index (κ1) is 34.6. The van der Waals surface area contributed by atoms with Crippen molar-refractivity contribution in [3.05, 3.63) is 74.9 Å². The molecule has 226 valence electrons. The van der Waals surface area contributed by atoms with Gasteiger partial charge in [-0.25, -0.2) is 28.8 Å². The zero-order valence-corrected chi connectivity index (χ0v) is 23.2. The maximum Gasteiger partial charge on any atom is 0.413 e. The molecule has 42 heavy (non-hydrogen) atoms. The van der Waals surface area contributed by atoms with Crippen LogP contribution in [0.15, 0.2) is 74.9 Å². The Morgan fingerprint density at radius 3 is 1.02 bits per heavy atom. The number of hydrogen-bond acceptors (Lipinski definition) is 12. The van der Waals surface area contributed by atoms with Crippen LogP contribution in [0, 0.1) is 0 Å². The minimum atomic E-state index is -1.37. The van der Waals surface area contributed by atoms with Crippen LogP contribution in [-0.4, -0.2) is 73.6 Å². The Bertz CT molecular complexity index is 1060. The van der Waals surface area contributed by atoms with Gasteiger partial charge < -0.3 is 39.1 Å². The van der Waals surface area contributed by atoms with Crippen LogP contribution in [0.1, 0.15) is 13.8 Å². The van der Waals surface area contributed by atoms with Crippen molar-refractivity contribution in [2.45, 2.75) is 24.9 Å². The van der Waals surface area contributed by atoms with E-state index >= 15 is 0 Å². The number of amides is 2. The number of esters is 4. The third-order valence-electron chi connectivity index (χ3n) is 4.85. The van der Waals surface area contributed by atoms with Crippen molar-refractivity contribution in [3.8, 4) is 11.5 Å². The van der Waals surface area contributed by atoms with Gasteiger partial charge in [0.05, 0.1) is 0 Å². The molecule has 0 heterocycles. The number of benzene rings is 1. The van der Waals surface area contributed by atoms with Gasteiger partial charge in [-0.1, -0.05) is 26.3 Å². The van der Waals surface area contributed by atoms with Crippen molar-refractivity contribution in [1.29, 1.82) is 0 Å². The summed E-state index contributed by atoms with van der Waals surface area (Å²) in [5.41, 5.74) is -2.75. The molecule has 0 saturated carbocycles. The molecule has 0 bridgehead atoms. The lowest BCUT2D eigenvalue weighted by atomic mass is 10.1. The van der Waals surface area contributed by atoms with E-state index in [4.69, 9.17) is 28.4 Å². The lowest BCUT2D eigenvalue weighted by molar-refractivity contribution is -0.145. The molecule has 0 atom stereocenters. The zero-order valence-electron chi connectivity index (χ0n) is 23.2. The second-order valence-corrected chi connectivity index (χ2v) is 8.87. The van der Waals surface area contributed by atoms with Gasteiger partial charge in [-0.15, -0.1) is 0 Å². The predicted octanol–water partition coefficient (Wildman–Crippen LogP) is 2.30. The number of ether oxygens (including phenoxy) is 6. The fourth-order valence-corrected chi connectivity index (χ4v) is 2.72. The second kappa shape index (κ2) is 16.6. The molecule has 0 aromatic heterocycles. The SMILES string of the molecule is C=CC(=O)OCC(C)(COC(=O)C=C)NC(=O)Oc1ccc(OC(=O)NC(C)(COC(=O)C=C)COC(=O)C=C)cc1. The van der Waals surface area contributed by atoms with E-state index in [2.05, 4.69) is 36.9 Å². The maximum absolute atomic E-state index is 12.5. The average Bonchev–Trinajstić information content (AvgIpc) is 2.97. The average molecular weight is 589 g/mol. The van der Waals surface area contributed by atoms with Crippen LogP contribution in [0.4, 0.5) is 9.59 Å². The molecule has 0 fully saturated rings. The lowest BCUT2D eigenvalue weighted by Crippen LogP contribution is -2.54. The first-order valence-electron chi connectivity index (χ1n) is 12.0. The van der Waals surface area contributed by atoms with Crippen molar-refractivity contribution in [2.24, 2.45) is 0 Å². The summed E-state index contributed by atoms with van der Waals surface area (Å²) in [7, 11) is 0. The molecule has 0 spiro atoms. The van der Waals surface area contributed by atoms with Crippen LogP contribution in [0.2, 0.25) is 0 Å². The van der Waals surface area contributed by atoms with Gasteiger partial charge in [0.15, 0.2) is 0 Å². The molecule has 0 aliphatic rings. The molecule has 0 saturated heterocycles. The molecule has 2 amide bonds. The molecular weight excluding hydrogens is 556 g/mol. The normalized spacial score (nSPS) is 10.5. The van der Waals surface area contributed by atoms with E-state index in [-0.39, 0.29) is 37.9 Å². The first-order valence-corrected chi connectivity index (χ1v) is 12.0. The predicted molar refractivity (Wildman–Crippen MR) is 146 cm³/mol. The van der Waals surface area contributed by atoms with Gasteiger partial charge in [-0.05, 0) is 38.1 Å². The third kappa shape index (κ3) is 13.1. The summed E-state index contributed by atoms with van der Waals surface area (Å²) in [5.74, 6) is -2.98. The van der Waals surface area contributed by atoms with Gasteiger partial charge in [-0.2, -0.15) is 0 Å². The largest absolute Gasteiger partial charge is 0.460 e. The van der Waals surface area contributed by atoms with Gasteiger partial charge >= 0.3 is 36.1 Å². The van der Waals surface area contributed by atoms with Crippen LogP contribution in [-0.2, 0) is 38.1 Å². The highest BCUT2D eigenvalue weighted by Gasteiger charge is 2.32. The molecule has 1 rings (SSSR count). The van der Waals surface area contributed by atoms with E-state index in [0.717, 1.165) is 24.3 Å². The Hall–Kier alpha value is -5.40. The van der Waals surface area contributed by atoms with Gasteiger partial charge in [0.1, 0.15) is 49.0 Å². The third-order valence-corrected chi connectivity index (χ3v) is 4.85. The molecule has 14 heteroatoms. The summed E-state index contributed by atoms with van der Waals surface area (Å²) in [4.78, 5) is 70.9. The van der Waals surface area contributed by atoms with Crippen molar-refractivity contribution in [1.82, 2.24) is 10.6 Å². The van der Waals surface area contributed by atoms with E-state index in [1.807, 2.05) is 0 Å². The van der Waals surface area contributed by atoms with Crippen LogP contribution in [0.25, 0.3) is 0 Å². The molecule has 14 nitrogen and oxygen atoms in total. The van der Waals surface area contributed by atoms with Crippen LogP contribution in [0.5, 0.6) is 11.5 Å². The Morgan fingerprint density at radius 2 is 0.810 bits per heavy atom. The van der Waals surface area contributed by atoms with Crippen LogP contribution < -0.4 is 20.1 Å². The Kier molecular flexibility index (Phi) is 13.7. The Labute approximate surface area is 241 Å². The lowest BCUT2D eigenvalue weighted by Gasteiger charge is -2.29. The van der Waals surface area contributed by atoms with E-state index in [9.17, 15) is 28.8 Å². The quantitative estimate of drug-likeness (QED) is 0.164. The molecule has 2 N–H and O–H groups in total. The Balaban J connectivity index is 2.84. The smallest absolute Gasteiger partial charge is 0.413 e. The summed E-state index contributed by atoms with van der Waals surface area (Å²) in [6, 6.07) is 5.25. The Morgan fingerprint density at radius 1 is 0.571 bits per heavy atom. The summed E-state index contributed by atoms with van der Waals surface area (Å²) < 4.78 is 30.3. The first-order chi connectivity index (χ1) is 19.8. The van der Waals surface area contributed by atoms with E-state index in [1.165, 1.54) is 38.1 Å². The van der Waals surface area contributed by atoms with E-state index < -0.39 is 47.1 Å². The fourth-order valence-electron chi connectivity index (χ4n) is 2.72. The van der Waals surface area contributed by atoms with Gasteiger partial charge in [0, 0.05) is 24.3 Å². The van der Waals surface area contributed by atoms with E-state index in [1.54, 1.807) is 0 Å². The standard InChI is InChI=1S/C28H32N2O12/c1-7-21(31)37-15-27(5,16-38-22(32)8-2)29-25(35)41-19-11-13-20(14-12-19)42-26(36)30-28(6,17-39-23(33)9-3)18-40-24(34)10-4/h7-14H,1-4,15-18H2,5-6H3,(H,29,35)(H,30,36). The molecular formula is C28H32N2O12. The highest BCUT2D eigenvalue weighted by Crippen LogP contribution is 2.19. The van der Waals surface area contributed by atoms with Gasteiger partial charge in [0.25, 0.3) is 0 Å². The molecule has 1 aromatic carbocycles. The summed E-state index contributed by atoms with van der Waals surface area (Å²) >= 11 is 0. The van der Waals surface area contributed by atoms with Crippen molar-refractivity contribution >= 4 is 36.1 Å². The second-order valence-electron chi connectivity index (χ2n) is 8.87. The maximum atomic E-state index is 12.5. The van der Waals surface area contributed by atoms with Gasteiger partial charge in [-0.3, -0.25) is 0 Å².